The van der Waals surface area contributed by atoms with E-state index in [0.29, 0.717) is 11.3 Å². The fraction of sp³-hybridized carbons (Fsp3) is 0.182. The van der Waals surface area contributed by atoms with Crippen LogP contribution in [0, 0.1) is 5.82 Å². The Labute approximate surface area is 198 Å². The van der Waals surface area contributed by atoms with Crippen LogP contribution in [0.3, 0.4) is 0 Å². The highest BCUT2D eigenvalue weighted by atomic mass is 32.2. The number of carboxylic acids is 1. The summed E-state index contributed by atoms with van der Waals surface area (Å²) in [5.41, 5.74) is 6.92. The number of hydrogen-bond acceptors (Lipinski definition) is 8. The summed E-state index contributed by atoms with van der Waals surface area (Å²) < 4.78 is 24.9. The van der Waals surface area contributed by atoms with Gasteiger partial charge in [0.05, 0.1) is 12.0 Å². The van der Waals surface area contributed by atoms with Crippen molar-refractivity contribution in [3.05, 3.63) is 64.3 Å². The second-order valence-corrected chi connectivity index (χ2v) is 8.61. The Morgan fingerprint density at radius 1 is 1.27 bits per heavy atom. The number of carbonyl (C=O) groups is 3. The Bertz CT molecular complexity index is 1140. The number of nitrogens with zero attached hydrogens (tertiary/aromatic N) is 1. The smallest absolute Gasteiger partial charge is 0.323 e. The molecule has 33 heavy (non-hydrogen) atoms. The van der Waals surface area contributed by atoms with E-state index in [1.165, 1.54) is 25.3 Å². The van der Waals surface area contributed by atoms with Gasteiger partial charge < -0.3 is 20.3 Å². The number of hydrogen-bond donors (Lipinski definition) is 2. The highest BCUT2D eigenvalue weighted by Gasteiger charge is 2.33. The van der Waals surface area contributed by atoms with Crippen molar-refractivity contribution in [3.63, 3.8) is 0 Å². The van der Waals surface area contributed by atoms with Crippen LogP contribution < -0.4 is 10.5 Å². The Morgan fingerprint density at radius 3 is 2.58 bits per heavy atom. The van der Waals surface area contributed by atoms with Crippen molar-refractivity contribution >= 4 is 52.2 Å². The van der Waals surface area contributed by atoms with Crippen molar-refractivity contribution in [3.8, 4) is 11.5 Å². The third-order valence-corrected chi connectivity index (χ3v) is 5.91. The Hall–Kier alpha value is -3.28. The van der Waals surface area contributed by atoms with Crippen LogP contribution in [-0.2, 0) is 25.5 Å². The third-order valence-electron chi connectivity index (χ3n) is 4.53. The number of rotatable bonds is 8. The van der Waals surface area contributed by atoms with Crippen LogP contribution in [0.1, 0.15) is 11.1 Å². The van der Waals surface area contributed by atoms with Gasteiger partial charge in [0.15, 0.2) is 11.6 Å². The van der Waals surface area contributed by atoms with Crippen LogP contribution in [0.4, 0.5) is 4.39 Å². The van der Waals surface area contributed by atoms with Gasteiger partial charge in [-0.3, -0.25) is 19.3 Å². The quantitative estimate of drug-likeness (QED) is 0.327. The van der Waals surface area contributed by atoms with E-state index in [0.717, 1.165) is 22.2 Å². The predicted octanol–water partition coefficient (Wildman–Crippen LogP) is 2.95. The Balaban J connectivity index is 1.68. The highest BCUT2D eigenvalue weighted by Crippen LogP contribution is 2.33. The summed E-state index contributed by atoms with van der Waals surface area (Å²) in [6.07, 6.45) is 1.72. The molecule has 0 aromatic heterocycles. The Kier molecular flexibility index (Phi) is 7.79. The largest absolute Gasteiger partial charge is 0.480 e. The van der Waals surface area contributed by atoms with Gasteiger partial charge in [-0.25, -0.2) is 4.39 Å². The van der Waals surface area contributed by atoms with Gasteiger partial charge in [0.2, 0.25) is 0 Å². The molecule has 0 radical (unpaired) electrons. The monoisotopic (exact) mass is 490 g/mol. The highest BCUT2D eigenvalue weighted by molar-refractivity contribution is 8.26. The maximum absolute atomic E-state index is 14.6. The van der Waals surface area contributed by atoms with Crippen LogP contribution in [0.2, 0.25) is 0 Å². The zero-order valence-electron chi connectivity index (χ0n) is 17.3. The van der Waals surface area contributed by atoms with Gasteiger partial charge in [0.25, 0.3) is 5.91 Å². The van der Waals surface area contributed by atoms with Crippen molar-refractivity contribution in [2.75, 3.05) is 13.7 Å². The number of benzene rings is 2. The van der Waals surface area contributed by atoms with Gasteiger partial charge in [-0.15, -0.1) is 0 Å². The molecule has 172 valence electrons. The van der Waals surface area contributed by atoms with E-state index in [9.17, 15) is 18.8 Å². The fourth-order valence-corrected chi connectivity index (χ4v) is 4.18. The lowest BCUT2D eigenvalue weighted by Crippen LogP contribution is -2.33. The predicted molar refractivity (Wildman–Crippen MR) is 124 cm³/mol. The lowest BCUT2D eigenvalue weighted by atomic mass is 10.1. The molecule has 0 unspecified atom stereocenters. The molecular weight excluding hydrogens is 471 g/mol. The van der Waals surface area contributed by atoms with Gasteiger partial charge in [-0.1, -0.05) is 42.2 Å². The van der Waals surface area contributed by atoms with Gasteiger partial charge in [0, 0.05) is 0 Å². The van der Waals surface area contributed by atoms with Crippen molar-refractivity contribution < 1.29 is 33.4 Å². The van der Waals surface area contributed by atoms with E-state index < -0.39 is 36.2 Å². The fourth-order valence-electron chi connectivity index (χ4n) is 2.92. The number of thioether (sulfide) groups is 1. The summed E-state index contributed by atoms with van der Waals surface area (Å²) >= 11 is 5.99. The molecule has 1 heterocycles. The first-order valence-electron chi connectivity index (χ1n) is 9.55. The molecule has 0 bridgehead atoms. The van der Waals surface area contributed by atoms with Gasteiger partial charge in [-0.2, -0.15) is 0 Å². The first-order valence-corrected chi connectivity index (χ1v) is 10.8. The van der Waals surface area contributed by atoms with Crippen molar-refractivity contribution in [2.45, 2.75) is 12.5 Å². The number of nitrogens with two attached hydrogens (primary N) is 1. The molecule has 2 aromatic carbocycles. The molecule has 0 aliphatic carbocycles. The summed E-state index contributed by atoms with van der Waals surface area (Å²) in [6.45, 7) is -0.531. The number of ether oxygens (including phenoxy) is 2. The molecule has 1 aliphatic rings. The topological polar surface area (TPSA) is 119 Å². The van der Waals surface area contributed by atoms with Crippen LogP contribution in [0.15, 0.2) is 47.4 Å². The number of thiocarbonyl (C=S) groups is 1. The molecule has 1 amide bonds. The average Bonchev–Trinajstić information content (AvgIpc) is 3.03. The summed E-state index contributed by atoms with van der Waals surface area (Å²) in [7, 11) is 1.27. The summed E-state index contributed by atoms with van der Waals surface area (Å²) in [5, 5.41) is 8.89. The second kappa shape index (κ2) is 10.6. The van der Waals surface area contributed by atoms with Crippen LogP contribution in [0.25, 0.3) is 6.08 Å². The molecule has 0 spiro atoms. The lowest BCUT2D eigenvalue weighted by Gasteiger charge is -2.11. The zero-order chi connectivity index (χ0) is 24.1. The maximum atomic E-state index is 14.6. The number of esters is 1. The van der Waals surface area contributed by atoms with Crippen molar-refractivity contribution in [1.29, 1.82) is 0 Å². The first kappa shape index (κ1) is 24.4. The molecule has 2 aromatic rings. The summed E-state index contributed by atoms with van der Waals surface area (Å²) in [4.78, 5) is 35.8. The molecule has 1 fully saturated rings. The number of carbonyl (C=O) groups excluding carboxylic acids is 2. The molecule has 8 nitrogen and oxygen atoms in total. The molecule has 1 aliphatic heterocycles. The molecule has 11 heteroatoms. The summed E-state index contributed by atoms with van der Waals surface area (Å²) in [6, 6.07) is 10.1. The van der Waals surface area contributed by atoms with Crippen LogP contribution >= 0.6 is 24.0 Å². The van der Waals surface area contributed by atoms with E-state index in [-0.39, 0.29) is 21.4 Å². The normalized spacial score (nSPS) is 15.6. The number of methoxy groups -OCH3 is 1. The van der Waals surface area contributed by atoms with Gasteiger partial charge in [0.1, 0.15) is 22.7 Å². The molecular formula is C22H19FN2O6S2. The van der Waals surface area contributed by atoms with E-state index in [1.807, 2.05) is 0 Å². The zero-order valence-corrected chi connectivity index (χ0v) is 19.0. The van der Waals surface area contributed by atoms with E-state index in [2.05, 4.69) is 4.74 Å². The minimum Gasteiger partial charge on any atom is -0.480 e. The van der Waals surface area contributed by atoms with Crippen molar-refractivity contribution in [1.82, 2.24) is 4.90 Å². The second-order valence-electron chi connectivity index (χ2n) is 6.93. The van der Waals surface area contributed by atoms with E-state index >= 15 is 0 Å². The SMILES string of the molecule is COC(=O)[C@@H](N)Cc1ccc(Oc2ccc(/C=C3\SC(=S)N(CC(=O)O)C3=O)cc2F)cc1. The molecule has 1 atom stereocenters. The molecule has 0 saturated carbocycles. The minimum absolute atomic E-state index is 0.0235. The minimum atomic E-state index is -1.18. The summed E-state index contributed by atoms with van der Waals surface area (Å²) in [5.74, 6) is -2.53. The van der Waals surface area contributed by atoms with E-state index in [4.69, 9.17) is 27.8 Å². The molecule has 3 rings (SSSR count). The van der Waals surface area contributed by atoms with E-state index in [1.54, 1.807) is 30.3 Å². The standard InChI is InChI=1S/C22H19FN2O6S2/c1-30-21(29)16(24)9-12-2-5-14(6-3-12)31-17-7-4-13(8-15(17)23)10-18-20(28)25(11-19(26)27)22(32)33-18/h2-8,10,16H,9,11,24H2,1H3,(H,26,27)/b18-10-/t16-/m0/s1. The number of amides is 1. The van der Waals surface area contributed by atoms with Crippen LogP contribution in [-0.4, -0.2) is 51.9 Å². The molecule has 1 saturated heterocycles. The third kappa shape index (κ3) is 6.15. The number of halogens is 1. The maximum Gasteiger partial charge on any atom is 0.323 e. The van der Waals surface area contributed by atoms with Gasteiger partial charge in [-0.05, 0) is 47.9 Å². The van der Waals surface area contributed by atoms with Crippen molar-refractivity contribution in [2.24, 2.45) is 5.73 Å². The lowest BCUT2D eigenvalue weighted by molar-refractivity contribution is -0.142. The number of carboxylic acid groups (broad SMARTS) is 1. The first-order chi connectivity index (χ1) is 15.7. The molecule has 3 N–H and O–H groups in total. The van der Waals surface area contributed by atoms with Crippen LogP contribution in [0.5, 0.6) is 11.5 Å². The Morgan fingerprint density at radius 2 is 1.97 bits per heavy atom. The van der Waals surface area contributed by atoms with Gasteiger partial charge >= 0.3 is 11.9 Å². The average molecular weight is 491 g/mol. The number of aliphatic carboxylic acids is 1.